The summed E-state index contributed by atoms with van der Waals surface area (Å²) in [6.45, 7) is -0.117. The number of fused-ring (bicyclic) bond motifs is 1. The molecule has 2 heterocycles. The number of thioether (sulfide) groups is 1. The third kappa shape index (κ3) is 3.33. The molecule has 1 aliphatic carbocycles. The Morgan fingerprint density at radius 3 is 2.53 bits per heavy atom. The Hall–Kier alpha value is -2.27. The van der Waals surface area contributed by atoms with E-state index in [0.717, 1.165) is 15.9 Å². The summed E-state index contributed by atoms with van der Waals surface area (Å²) in [5, 5.41) is 0. The highest BCUT2D eigenvalue weighted by atomic mass is 32.2. The third-order valence-corrected chi connectivity index (χ3v) is 7.15. The predicted molar refractivity (Wildman–Crippen MR) is 109 cm³/mol. The zero-order valence-corrected chi connectivity index (χ0v) is 18.0. The molecule has 1 fully saturated rings. The summed E-state index contributed by atoms with van der Waals surface area (Å²) in [6.07, 6.45) is -2.90. The fourth-order valence-corrected chi connectivity index (χ4v) is 4.82. The van der Waals surface area contributed by atoms with Gasteiger partial charge in [-0.05, 0) is 31.2 Å². The van der Waals surface area contributed by atoms with Gasteiger partial charge in [-0.25, -0.2) is 9.97 Å². The van der Waals surface area contributed by atoms with Gasteiger partial charge >= 0.3 is 6.18 Å². The quantitative estimate of drug-likeness (QED) is 0.516. The van der Waals surface area contributed by atoms with Crippen LogP contribution in [0.25, 0.3) is 10.3 Å². The lowest BCUT2D eigenvalue weighted by molar-refractivity contribution is -0.163. The molecule has 0 saturated heterocycles. The molecule has 0 N–H and O–H groups in total. The Labute approximate surface area is 178 Å². The monoisotopic (exact) mass is 457 g/mol. The maximum Gasteiger partial charge on any atom is 0.401 e. The molecular formula is C19H18F3N3O3S2. The van der Waals surface area contributed by atoms with Gasteiger partial charge in [-0.2, -0.15) is 13.2 Å². The number of thiazole rings is 1. The Morgan fingerprint density at radius 1 is 1.23 bits per heavy atom. The van der Waals surface area contributed by atoms with Gasteiger partial charge in [0.2, 0.25) is 0 Å². The van der Waals surface area contributed by atoms with Crippen LogP contribution >= 0.6 is 23.1 Å². The Morgan fingerprint density at radius 2 is 1.97 bits per heavy atom. The van der Waals surface area contributed by atoms with Crippen LogP contribution < -0.4 is 15.0 Å². The second-order valence-corrected chi connectivity index (χ2v) is 8.95. The second-order valence-electron chi connectivity index (χ2n) is 6.92. The average molecular weight is 457 g/mol. The zero-order valence-electron chi connectivity index (χ0n) is 16.4. The number of nitrogens with zero attached hydrogens (tertiary/aromatic N) is 3. The molecule has 1 saturated carbocycles. The third-order valence-electron chi connectivity index (χ3n) is 5.22. The van der Waals surface area contributed by atoms with Crippen molar-refractivity contribution in [2.45, 2.75) is 35.3 Å². The number of halogens is 3. The van der Waals surface area contributed by atoms with E-state index in [0.29, 0.717) is 21.4 Å². The van der Waals surface area contributed by atoms with Crippen LogP contribution in [-0.2, 0) is 12.0 Å². The molecule has 0 amide bonds. The molecule has 0 bridgehead atoms. The molecule has 0 atom stereocenters. The van der Waals surface area contributed by atoms with Crippen LogP contribution in [0.2, 0.25) is 0 Å². The average Bonchev–Trinajstić information content (AvgIpc) is 3.44. The number of alkyl halides is 3. The second kappa shape index (κ2) is 7.45. The van der Waals surface area contributed by atoms with Gasteiger partial charge in [-0.3, -0.25) is 9.36 Å². The van der Waals surface area contributed by atoms with E-state index in [9.17, 15) is 18.0 Å². The molecule has 11 heteroatoms. The molecule has 0 unspecified atom stereocenters. The summed E-state index contributed by atoms with van der Waals surface area (Å²) >= 11 is 2.45. The summed E-state index contributed by atoms with van der Waals surface area (Å²) < 4.78 is 54.0. The molecule has 4 rings (SSSR count). The molecule has 1 aromatic carbocycles. The number of ether oxygens (including phenoxy) is 2. The van der Waals surface area contributed by atoms with Crippen molar-refractivity contribution in [2.75, 3.05) is 20.5 Å². The zero-order chi connectivity index (χ0) is 21.7. The summed E-state index contributed by atoms with van der Waals surface area (Å²) in [4.78, 5) is 22.0. The fraction of sp³-hybridized carbons (Fsp3) is 0.421. The lowest BCUT2D eigenvalue weighted by Gasteiger charge is -2.23. The van der Waals surface area contributed by atoms with Gasteiger partial charge in [-0.15, -0.1) is 0 Å². The van der Waals surface area contributed by atoms with Gasteiger partial charge in [0.05, 0.1) is 20.8 Å². The van der Waals surface area contributed by atoms with E-state index in [-0.39, 0.29) is 35.6 Å². The normalized spacial score (nSPS) is 15.4. The van der Waals surface area contributed by atoms with Crippen LogP contribution in [0.1, 0.15) is 24.2 Å². The van der Waals surface area contributed by atoms with Gasteiger partial charge < -0.3 is 9.47 Å². The highest BCUT2D eigenvalue weighted by molar-refractivity contribution is 8.00. The highest BCUT2D eigenvalue weighted by Crippen LogP contribution is 2.58. The van der Waals surface area contributed by atoms with Gasteiger partial charge in [0, 0.05) is 11.6 Å². The van der Waals surface area contributed by atoms with Crippen molar-refractivity contribution in [3.63, 3.8) is 0 Å². The maximum absolute atomic E-state index is 13.9. The number of hydrogen-bond acceptors (Lipinski definition) is 7. The van der Waals surface area contributed by atoms with Crippen molar-refractivity contribution in [1.29, 1.82) is 0 Å². The first kappa shape index (κ1) is 21.0. The summed E-state index contributed by atoms with van der Waals surface area (Å²) in [7, 11) is 2.95. The summed E-state index contributed by atoms with van der Waals surface area (Å²) in [6, 6.07) is 4.96. The highest BCUT2D eigenvalue weighted by Gasteiger charge is 2.67. The molecule has 3 aromatic rings. The lowest BCUT2D eigenvalue weighted by Crippen LogP contribution is -2.37. The van der Waals surface area contributed by atoms with Crippen LogP contribution in [-0.4, -0.2) is 41.2 Å². The summed E-state index contributed by atoms with van der Waals surface area (Å²) in [5.41, 5.74) is -2.07. The van der Waals surface area contributed by atoms with Crippen molar-refractivity contribution in [3.05, 3.63) is 39.9 Å². The van der Waals surface area contributed by atoms with Gasteiger partial charge in [0.1, 0.15) is 22.7 Å². The largest absolute Gasteiger partial charge is 0.497 e. The predicted octanol–water partition coefficient (Wildman–Crippen LogP) is 4.23. The Balaban J connectivity index is 1.93. The summed E-state index contributed by atoms with van der Waals surface area (Å²) in [5.74, 6) is 0.684. The van der Waals surface area contributed by atoms with E-state index < -0.39 is 17.2 Å². The number of benzene rings is 1. The van der Waals surface area contributed by atoms with E-state index in [1.807, 2.05) is 0 Å². The van der Waals surface area contributed by atoms with Crippen molar-refractivity contribution >= 4 is 33.4 Å². The number of aromatic nitrogens is 3. The van der Waals surface area contributed by atoms with Gasteiger partial charge in [-0.1, -0.05) is 23.1 Å². The molecule has 0 spiro atoms. The van der Waals surface area contributed by atoms with E-state index in [4.69, 9.17) is 9.47 Å². The maximum atomic E-state index is 13.9. The van der Waals surface area contributed by atoms with Crippen molar-refractivity contribution in [1.82, 2.24) is 14.5 Å². The van der Waals surface area contributed by atoms with E-state index in [1.165, 1.54) is 26.0 Å². The minimum atomic E-state index is -4.50. The number of rotatable bonds is 6. The molecule has 30 heavy (non-hydrogen) atoms. The van der Waals surface area contributed by atoms with Crippen molar-refractivity contribution in [2.24, 2.45) is 0 Å². The topological polar surface area (TPSA) is 66.2 Å². The first-order valence-electron chi connectivity index (χ1n) is 8.97. The molecule has 0 radical (unpaired) electrons. The molecule has 160 valence electrons. The van der Waals surface area contributed by atoms with Gasteiger partial charge in [0.15, 0.2) is 14.7 Å². The Bertz CT molecular complexity index is 1170. The van der Waals surface area contributed by atoms with E-state index >= 15 is 0 Å². The van der Waals surface area contributed by atoms with Crippen molar-refractivity contribution < 1.29 is 22.6 Å². The first-order valence-corrected chi connectivity index (χ1v) is 11.0. The molecule has 1 aliphatic rings. The van der Waals surface area contributed by atoms with Crippen LogP contribution in [0, 0.1) is 0 Å². The number of methoxy groups -OCH3 is 2. The van der Waals surface area contributed by atoms with Crippen LogP contribution in [0.5, 0.6) is 11.5 Å². The van der Waals surface area contributed by atoms with Gasteiger partial charge in [0.25, 0.3) is 5.56 Å². The SMILES string of the molecule is COc1ccc(Cn2c(C3(C(F)(F)F)CC3)nc3sc(SC)nc3c2=O)c(OC)c1. The molecule has 0 aliphatic heterocycles. The minimum absolute atomic E-state index is 0.0820. The molecular weight excluding hydrogens is 439 g/mol. The van der Waals surface area contributed by atoms with Crippen molar-refractivity contribution in [3.8, 4) is 11.5 Å². The van der Waals surface area contributed by atoms with Crippen LogP contribution in [0.3, 0.4) is 0 Å². The standard InChI is InChI=1S/C19H18F3N3O3S2/c1-27-11-5-4-10(12(8-11)28-2)9-25-15(26)13-14(30-17(23-13)29-3)24-16(25)18(6-7-18)19(20,21)22/h4-5,8H,6-7,9H2,1-3H3. The molecule has 6 nitrogen and oxygen atoms in total. The molecule has 2 aromatic heterocycles. The fourth-order valence-electron chi connectivity index (χ4n) is 3.40. The Kier molecular flexibility index (Phi) is 5.21. The first-order chi connectivity index (χ1) is 14.2. The number of hydrogen-bond donors (Lipinski definition) is 0. The van der Waals surface area contributed by atoms with Crippen LogP contribution in [0.15, 0.2) is 27.3 Å². The minimum Gasteiger partial charge on any atom is -0.497 e. The van der Waals surface area contributed by atoms with Crippen LogP contribution in [0.4, 0.5) is 13.2 Å². The smallest absolute Gasteiger partial charge is 0.401 e. The lowest BCUT2D eigenvalue weighted by atomic mass is 10.0. The van der Waals surface area contributed by atoms with E-state index in [1.54, 1.807) is 24.5 Å². The van der Waals surface area contributed by atoms with E-state index in [2.05, 4.69) is 9.97 Å².